The zero-order chi connectivity index (χ0) is 8.55. The van der Waals surface area contributed by atoms with E-state index in [1.807, 2.05) is 23.6 Å². The van der Waals surface area contributed by atoms with Crippen molar-refractivity contribution in [2.75, 3.05) is 0 Å². The van der Waals surface area contributed by atoms with Gasteiger partial charge in [0, 0.05) is 0 Å². The van der Waals surface area contributed by atoms with Gasteiger partial charge in [0.05, 0.1) is 16.3 Å². The van der Waals surface area contributed by atoms with Crippen molar-refractivity contribution in [3.63, 3.8) is 0 Å². The van der Waals surface area contributed by atoms with Crippen LogP contribution in [0.25, 0.3) is 10.1 Å². The fourth-order valence-corrected chi connectivity index (χ4v) is 2.47. The first kappa shape index (κ1) is 8.05. The molecule has 0 aliphatic carbocycles. The van der Waals surface area contributed by atoms with E-state index in [1.165, 1.54) is 0 Å². The number of rotatable bonds is 1. The number of aliphatic hydroxyl groups is 1. The number of thiophene rings is 1. The van der Waals surface area contributed by atoms with Gasteiger partial charge < -0.3 is 5.11 Å². The molecule has 3 heteroatoms. The fraction of sp³-hybridized carbons (Fsp3) is 0.111. The van der Waals surface area contributed by atoms with Gasteiger partial charge in [-0.1, -0.05) is 23.7 Å². The molecule has 62 valence electrons. The molecule has 1 nitrogen and oxygen atoms in total. The normalized spacial score (nSPS) is 10.8. The zero-order valence-corrected chi connectivity index (χ0v) is 7.82. The first-order chi connectivity index (χ1) is 5.83. The Kier molecular flexibility index (Phi) is 2.05. The van der Waals surface area contributed by atoms with E-state index in [4.69, 9.17) is 16.7 Å². The van der Waals surface area contributed by atoms with Gasteiger partial charge in [-0.15, -0.1) is 11.3 Å². The van der Waals surface area contributed by atoms with Gasteiger partial charge in [-0.25, -0.2) is 0 Å². The van der Waals surface area contributed by atoms with E-state index in [2.05, 4.69) is 0 Å². The highest BCUT2D eigenvalue weighted by Gasteiger charge is 2.04. The van der Waals surface area contributed by atoms with Gasteiger partial charge >= 0.3 is 0 Å². The molecule has 0 fully saturated rings. The van der Waals surface area contributed by atoms with Gasteiger partial charge in [0.1, 0.15) is 0 Å². The van der Waals surface area contributed by atoms with Gasteiger partial charge in [-0.05, 0) is 22.4 Å². The van der Waals surface area contributed by atoms with Crippen molar-refractivity contribution >= 4 is 33.0 Å². The summed E-state index contributed by atoms with van der Waals surface area (Å²) in [5, 5.41) is 12.7. The third kappa shape index (κ3) is 1.12. The van der Waals surface area contributed by atoms with Crippen molar-refractivity contribution < 1.29 is 5.11 Å². The summed E-state index contributed by atoms with van der Waals surface area (Å²) in [7, 11) is 0. The number of hydrogen-bond acceptors (Lipinski definition) is 2. The van der Waals surface area contributed by atoms with E-state index in [1.54, 1.807) is 11.3 Å². The lowest BCUT2D eigenvalue weighted by atomic mass is 10.2. The van der Waals surface area contributed by atoms with Crippen LogP contribution in [0.2, 0.25) is 5.02 Å². The van der Waals surface area contributed by atoms with Gasteiger partial charge in [-0.3, -0.25) is 0 Å². The molecule has 0 saturated carbocycles. The highest BCUT2D eigenvalue weighted by Crippen LogP contribution is 2.31. The van der Waals surface area contributed by atoms with Crippen molar-refractivity contribution in [2.24, 2.45) is 0 Å². The quantitative estimate of drug-likeness (QED) is 0.747. The minimum Gasteiger partial charge on any atom is -0.392 e. The topological polar surface area (TPSA) is 20.2 Å². The molecular weight excluding hydrogens is 192 g/mol. The second kappa shape index (κ2) is 3.05. The van der Waals surface area contributed by atoms with E-state index < -0.39 is 0 Å². The number of benzene rings is 1. The van der Waals surface area contributed by atoms with E-state index in [0.29, 0.717) is 0 Å². The highest BCUT2D eigenvalue weighted by molar-refractivity contribution is 7.18. The maximum absolute atomic E-state index is 8.98. The second-order valence-electron chi connectivity index (χ2n) is 2.54. The van der Waals surface area contributed by atoms with Crippen LogP contribution in [0.1, 0.15) is 5.56 Å². The van der Waals surface area contributed by atoms with E-state index in [-0.39, 0.29) is 6.61 Å². The van der Waals surface area contributed by atoms with Crippen molar-refractivity contribution in [3.8, 4) is 0 Å². The van der Waals surface area contributed by atoms with Gasteiger partial charge in [0.25, 0.3) is 0 Å². The van der Waals surface area contributed by atoms with Crippen LogP contribution in [0.5, 0.6) is 0 Å². The first-order valence-electron chi connectivity index (χ1n) is 3.58. The average Bonchev–Trinajstić information content (AvgIpc) is 2.49. The van der Waals surface area contributed by atoms with Crippen molar-refractivity contribution in [2.45, 2.75) is 6.61 Å². The Labute approximate surface area is 79.2 Å². The Morgan fingerprint density at radius 2 is 2.25 bits per heavy atom. The maximum Gasteiger partial charge on any atom is 0.0696 e. The molecule has 0 bridgehead atoms. The fourth-order valence-electron chi connectivity index (χ4n) is 1.20. The molecule has 12 heavy (non-hydrogen) atoms. The lowest BCUT2D eigenvalue weighted by Gasteiger charge is -1.94. The third-order valence-corrected chi connectivity index (χ3v) is 3.31. The molecule has 0 unspecified atom stereocenters. The number of aliphatic hydroxyl groups excluding tert-OH is 1. The molecule has 1 aromatic carbocycles. The summed E-state index contributed by atoms with van der Waals surface area (Å²) in [6.07, 6.45) is 0. The molecule has 0 atom stereocenters. The summed E-state index contributed by atoms with van der Waals surface area (Å²) in [6, 6.07) is 5.74. The Hall–Kier alpha value is -0.570. The standard InChI is InChI=1S/C9H7ClOS/c10-8-3-1-2-7-6(4-11)5-12-9(7)8/h1-3,5,11H,4H2. The van der Waals surface area contributed by atoms with Crippen LogP contribution in [0, 0.1) is 0 Å². The van der Waals surface area contributed by atoms with Gasteiger partial charge in [-0.2, -0.15) is 0 Å². The number of fused-ring (bicyclic) bond motifs is 1. The summed E-state index contributed by atoms with van der Waals surface area (Å²) in [4.78, 5) is 0. The van der Waals surface area contributed by atoms with Crippen molar-refractivity contribution in [1.29, 1.82) is 0 Å². The summed E-state index contributed by atoms with van der Waals surface area (Å²) in [6.45, 7) is 0.0837. The molecule has 0 aliphatic heterocycles. The minimum atomic E-state index is 0.0837. The molecule has 1 aromatic heterocycles. The second-order valence-corrected chi connectivity index (χ2v) is 3.82. The molecule has 0 spiro atoms. The maximum atomic E-state index is 8.98. The lowest BCUT2D eigenvalue weighted by molar-refractivity contribution is 0.284. The molecule has 0 aliphatic rings. The summed E-state index contributed by atoms with van der Waals surface area (Å²) in [5.41, 5.74) is 0.956. The van der Waals surface area contributed by atoms with Gasteiger partial charge in [0.2, 0.25) is 0 Å². The monoisotopic (exact) mass is 198 g/mol. The number of halogens is 1. The summed E-state index contributed by atoms with van der Waals surface area (Å²) < 4.78 is 1.06. The van der Waals surface area contributed by atoms with Crippen LogP contribution < -0.4 is 0 Å². The molecule has 2 aromatic rings. The van der Waals surface area contributed by atoms with Gasteiger partial charge in [0.15, 0.2) is 0 Å². The zero-order valence-electron chi connectivity index (χ0n) is 6.25. The number of hydrogen-bond donors (Lipinski definition) is 1. The SMILES string of the molecule is OCc1csc2c(Cl)cccc12. The molecule has 0 saturated heterocycles. The van der Waals surface area contributed by atoms with Crippen LogP contribution in [0.4, 0.5) is 0 Å². The predicted molar refractivity (Wildman–Crippen MR) is 52.8 cm³/mol. The first-order valence-corrected chi connectivity index (χ1v) is 4.84. The van der Waals surface area contributed by atoms with E-state index >= 15 is 0 Å². The minimum absolute atomic E-state index is 0.0837. The van der Waals surface area contributed by atoms with E-state index in [9.17, 15) is 0 Å². The van der Waals surface area contributed by atoms with Crippen molar-refractivity contribution in [3.05, 3.63) is 34.2 Å². The molecule has 2 rings (SSSR count). The van der Waals surface area contributed by atoms with Crippen molar-refractivity contribution in [1.82, 2.24) is 0 Å². The van der Waals surface area contributed by atoms with Crippen LogP contribution in [0.3, 0.4) is 0 Å². The predicted octanol–water partition coefficient (Wildman–Crippen LogP) is 3.05. The van der Waals surface area contributed by atoms with Crippen LogP contribution in [-0.4, -0.2) is 5.11 Å². The Balaban J connectivity index is 2.80. The molecule has 1 heterocycles. The smallest absolute Gasteiger partial charge is 0.0696 e. The average molecular weight is 199 g/mol. The Bertz CT molecular complexity index is 408. The molecule has 1 N–H and O–H groups in total. The summed E-state index contributed by atoms with van der Waals surface area (Å²) >= 11 is 7.53. The van der Waals surface area contributed by atoms with Crippen LogP contribution in [0.15, 0.2) is 23.6 Å². The third-order valence-electron chi connectivity index (χ3n) is 1.80. The lowest BCUT2D eigenvalue weighted by Crippen LogP contribution is -1.77. The highest BCUT2D eigenvalue weighted by atomic mass is 35.5. The summed E-state index contributed by atoms with van der Waals surface area (Å²) in [5.74, 6) is 0. The molecular formula is C9H7ClOS. The van der Waals surface area contributed by atoms with E-state index in [0.717, 1.165) is 20.7 Å². The Morgan fingerprint density at radius 3 is 3.00 bits per heavy atom. The van der Waals surface area contributed by atoms with Crippen LogP contribution in [-0.2, 0) is 6.61 Å². The Morgan fingerprint density at radius 1 is 1.42 bits per heavy atom. The molecule has 0 radical (unpaired) electrons. The molecule has 0 amide bonds. The van der Waals surface area contributed by atoms with Crippen LogP contribution >= 0.6 is 22.9 Å². The largest absolute Gasteiger partial charge is 0.392 e.